The zero-order chi connectivity index (χ0) is 12.3. The Balaban J connectivity index is 0.00000162. The third-order valence-corrected chi connectivity index (χ3v) is 3.06. The molecule has 2 aromatic rings. The van der Waals surface area contributed by atoms with E-state index in [1.807, 2.05) is 25.4 Å². The van der Waals surface area contributed by atoms with Crippen LogP contribution < -0.4 is 5.32 Å². The summed E-state index contributed by atoms with van der Waals surface area (Å²) in [6.07, 6.45) is 2.69. The summed E-state index contributed by atoms with van der Waals surface area (Å²) in [5.41, 5.74) is 0. The topological polar surface area (TPSA) is 64.1 Å². The summed E-state index contributed by atoms with van der Waals surface area (Å²) in [5, 5.41) is 7.89. The second-order valence-corrected chi connectivity index (χ2v) is 4.54. The second-order valence-electron chi connectivity index (χ2n) is 3.73. The average Bonchev–Trinajstić information content (AvgIpc) is 2.96. The zero-order valence-electron chi connectivity index (χ0n) is 10.5. The maximum atomic E-state index is 5.51. The Morgan fingerprint density at radius 3 is 2.83 bits per heavy atom. The van der Waals surface area contributed by atoms with Crippen molar-refractivity contribution < 1.29 is 8.94 Å². The third kappa shape index (κ3) is 3.51. The summed E-state index contributed by atoms with van der Waals surface area (Å²) in [5.74, 6) is 1.73. The van der Waals surface area contributed by atoms with Crippen LogP contribution in [0.3, 0.4) is 0 Å². The van der Waals surface area contributed by atoms with Crippen molar-refractivity contribution in [2.45, 2.75) is 24.5 Å². The molecule has 2 rings (SSSR count). The van der Waals surface area contributed by atoms with Crippen LogP contribution in [0.1, 0.15) is 12.7 Å². The molecule has 100 valence electrons. The van der Waals surface area contributed by atoms with Gasteiger partial charge in [0.15, 0.2) is 16.7 Å². The fourth-order valence-corrected chi connectivity index (χ4v) is 1.73. The van der Waals surface area contributed by atoms with Crippen molar-refractivity contribution in [2.24, 2.45) is 0 Å². The molecule has 0 saturated carbocycles. The van der Waals surface area contributed by atoms with Crippen molar-refractivity contribution in [3.63, 3.8) is 0 Å². The van der Waals surface area contributed by atoms with Gasteiger partial charge >= 0.3 is 0 Å². The van der Waals surface area contributed by atoms with Crippen LogP contribution in [0.2, 0.25) is 0 Å². The quantitative estimate of drug-likeness (QED) is 0.854. The number of furan rings is 1. The van der Waals surface area contributed by atoms with Crippen molar-refractivity contribution >= 4 is 24.2 Å². The molecule has 0 aliphatic carbocycles. The molecule has 0 aliphatic rings. The van der Waals surface area contributed by atoms with Crippen LogP contribution in [0.15, 0.2) is 26.2 Å². The second kappa shape index (κ2) is 6.82. The van der Waals surface area contributed by atoms with Gasteiger partial charge in [-0.1, -0.05) is 16.9 Å². The number of halogens is 1. The number of thioether (sulfide) groups is 1. The van der Waals surface area contributed by atoms with Gasteiger partial charge in [-0.2, -0.15) is 4.98 Å². The number of nitrogens with one attached hydrogen (secondary N) is 1. The van der Waals surface area contributed by atoms with Crippen LogP contribution in [-0.2, 0) is 6.42 Å². The standard InChI is InChI=1S/C11H15N3O2S.ClH/c1-7(12-2)6-9-13-11(16-14-9)8-4-5-10(15-8)17-3;/h4-5,7,12H,6H2,1-3H3;1H. The number of hydrogen-bond acceptors (Lipinski definition) is 6. The van der Waals surface area contributed by atoms with E-state index in [2.05, 4.69) is 22.4 Å². The molecule has 0 saturated heterocycles. The molecule has 1 unspecified atom stereocenters. The first-order chi connectivity index (χ1) is 8.22. The Morgan fingerprint density at radius 1 is 1.44 bits per heavy atom. The lowest BCUT2D eigenvalue weighted by Gasteiger charge is -2.04. The van der Waals surface area contributed by atoms with Crippen LogP contribution in [0, 0.1) is 0 Å². The average molecular weight is 290 g/mol. The predicted octanol–water partition coefficient (Wildman–Crippen LogP) is 2.62. The minimum Gasteiger partial charge on any atom is -0.445 e. The van der Waals surface area contributed by atoms with Crippen LogP contribution in [0.25, 0.3) is 11.7 Å². The van der Waals surface area contributed by atoms with E-state index in [1.165, 1.54) is 11.8 Å². The normalized spacial score (nSPS) is 12.2. The Kier molecular flexibility index (Phi) is 5.71. The highest BCUT2D eigenvalue weighted by Crippen LogP contribution is 2.25. The van der Waals surface area contributed by atoms with Gasteiger partial charge in [-0.05, 0) is 32.4 Å². The summed E-state index contributed by atoms with van der Waals surface area (Å²) in [7, 11) is 1.91. The molecule has 2 heterocycles. The van der Waals surface area contributed by atoms with Crippen molar-refractivity contribution in [1.82, 2.24) is 15.5 Å². The first-order valence-electron chi connectivity index (χ1n) is 5.37. The molecule has 2 aromatic heterocycles. The number of nitrogens with zero attached hydrogens (tertiary/aromatic N) is 2. The molecule has 1 atom stereocenters. The number of likely N-dealkylation sites (N-methyl/N-ethyl adjacent to an activating group) is 1. The van der Waals surface area contributed by atoms with Crippen LogP contribution >= 0.6 is 24.2 Å². The molecular weight excluding hydrogens is 274 g/mol. The first-order valence-corrected chi connectivity index (χ1v) is 6.59. The van der Waals surface area contributed by atoms with E-state index in [0.717, 1.165) is 11.5 Å². The van der Waals surface area contributed by atoms with Crippen molar-refractivity contribution in [1.29, 1.82) is 0 Å². The fraction of sp³-hybridized carbons (Fsp3) is 0.455. The summed E-state index contributed by atoms with van der Waals surface area (Å²) in [6.45, 7) is 2.06. The SMILES string of the molecule is CNC(C)Cc1noc(-c2ccc(SC)o2)n1.Cl. The van der Waals surface area contributed by atoms with E-state index in [1.54, 1.807) is 0 Å². The van der Waals surface area contributed by atoms with Crippen molar-refractivity contribution in [3.05, 3.63) is 18.0 Å². The molecule has 0 spiro atoms. The maximum absolute atomic E-state index is 5.51. The molecule has 5 nitrogen and oxygen atoms in total. The number of aromatic nitrogens is 2. The van der Waals surface area contributed by atoms with E-state index in [9.17, 15) is 0 Å². The molecule has 0 aliphatic heterocycles. The lowest BCUT2D eigenvalue weighted by molar-refractivity contribution is 0.396. The molecule has 0 radical (unpaired) electrons. The van der Waals surface area contributed by atoms with E-state index in [-0.39, 0.29) is 12.4 Å². The van der Waals surface area contributed by atoms with Gasteiger partial charge in [-0.3, -0.25) is 0 Å². The Morgan fingerprint density at radius 2 is 2.22 bits per heavy atom. The van der Waals surface area contributed by atoms with Gasteiger partial charge in [0, 0.05) is 12.5 Å². The monoisotopic (exact) mass is 289 g/mol. The maximum Gasteiger partial charge on any atom is 0.293 e. The van der Waals surface area contributed by atoms with Crippen LogP contribution in [0.5, 0.6) is 0 Å². The highest BCUT2D eigenvalue weighted by molar-refractivity contribution is 7.98. The highest BCUT2D eigenvalue weighted by Gasteiger charge is 2.14. The number of rotatable bonds is 5. The molecule has 0 fully saturated rings. The first kappa shape index (κ1) is 15.1. The van der Waals surface area contributed by atoms with Crippen LogP contribution in [0.4, 0.5) is 0 Å². The lowest BCUT2D eigenvalue weighted by atomic mass is 10.2. The molecule has 0 bridgehead atoms. The van der Waals surface area contributed by atoms with Gasteiger partial charge < -0.3 is 14.3 Å². The summed E-state index contributed by atoms with van der Waals surface area (Å²) in [4.78, 5) is 4.30. The Labute approximate surface area is 116 Å². The largest absolute Gasteiger partial charge is 0.445 e. The van der Waals surface area contributed by atoms with Gasteiger partial charge in [0.05, 0.1) is 0 Å². The van der Waals surface area contributed by atoms with Crippen molar-refractivity contribution in [2.75, 3.05) is 13.3 Å². The molecule has 7 heteroatoms. The Bertz CT molecular complexity index is 486. The molecule has 0 aromatic carbocycles. The Hall–Kier alpha value is -0.980. The van der Waals surface area contributed by atoms with E-state index in [4.69, 9.17) is 8.94 Å². The summed E-state index contributed by atoms with van der Waals surface area (Å²) >= 11 is 1.54. The predicted molar refractivity (Wildman–Crippen MR) is 73.3 cm³/mol. The summed E-state index contributed by atoms with van der Waals surface area (Å²) < 4.78 is 10.7. The van der Waals surface area contributed by atoms with E-state index >= 15 is 0 Å². The number of hydrogen-bond donors (Lipinski definition) is 1. The minimum atomic E-state index is 0. The minimum absolute atomic E-state index is 0. The zero-order valence-corrected chi connectivity index (χ0v) is 12.1. The van der Waals surface area contributed by atoms with Gasteiger partial charge in [-0.25, -0.2) is 0 Å². The lowest BCUT2D eigenvalue weighted by Crippen LogP contribution is -2.24. The molecular formula is C11H16ClN3O2S. The van der Waals surface area contributed by atoms with E-state index < -0.39 is 0 Å². The smallest absolute Gasteiger partial charge is 0.293 e. The van der Waals surface area contributed by atoms with Gasteiger partial charge in [0.25, 0.3) is 5.89 Å². The van der Waals surface area contributed by atoms with Crippen LogP contribution in [-0.4, -0.2) is 29.5 Å². The van der Waals surface area contributed by atoms with Gasteiger partial charge in [0.1, 0.15) is 0 Å². The van der Waals surface area contributed by atoms with E-state index in [0.29, 0.717) is 23.5 Å². The van der Waals surface area contributed by atoms with Gasteiger partial charge in [0.2, 0.25) is 0 Å². The third-order valence-electron chi connectivity index (χ3n) is 2.44. The van der Waals surface area contributed by atoms with Gasteiger partial charge in [-0.15, -0.1) is 12.4 Å². The van der Waals surface area contributed by atoms with Crippen molar-refractivity contribution in [3.8, 4) is 11.7 Å². The fourth-order valence-electron chi connectivity index (χ4n) is 1.36. The molecule has 18 heavy (non-hydrogen) atoms. The molecule has 0 amide bonds. The molecule has 1 N–H and O–H groups in total. The summed E-state index contributed by atoms with van der Waals surface area (Å²) in [6, 6.07) is 4.05. The highest BCUT2D eigenvalue weighted by atomic mass is 35.5.